The molecule has 0 spiro atoms. The minimum absolute atomic E-state index is 0.234. The van der Waals surface area contributed by atoms with Crippen LogP contribution in [0, 0.1) is 11.8 Å². The average molecular weight is 169 g/mol. The first-order valence-corrected chi connectivity index (χ1v) is 4.47. The van der Waals surface area contributed by atoms with Crippen LogP contribution >= 0.6 is 0 Å². The van der Waals surface area contributed by atoms with Crippen molar-refractivity contribution in [3.05, 3.63) is 0 Å². The number of hydrogen-bond donors (Lipinski definition) is 1. The molecule has 0 aliphatic heterocycles. The molecule has 0 fully saturated rings. The molecule has 70 valence electrons. The Morgan fingerprint density at radius 1 is 1.33 bits per heavy atom. The van der Waals surface area contributed by atoms with Crippen molar-refractivity contribution in [3.63, 3.8) is 0 Å². The quantitative estimate of drug-likeness (QED) is 0.623. The van der Waals surface area contributed by atoms with Crippen molar-refractivity contribution < 1.29 is 5.11 Å². The minimum Gasteiger partial charge on any atom is -0.395 e. The first kappa shape index (κ1) is 11.5. The van der Waals surface area contributed by atoms with Crippen LogP contribution in [0.15, 0.2) is 0 Å². The molecule has 0 saturated heterocycles. The number of nitrogens with zero attached hydrogens (tertiary/aromatic N) is 1. The molecule has 0 unspecified atom stereocenters. The van der Waals surface area contributed by atoms with Gasteiger partial charge in [-0.25, -0.2) is 0 Å². The van der Waals surface area contributed by atoms with Gasteiger partial charge in [-0.05, 0) is 20.8 Å². The predicted molar refractivity (Wildman–Crippen MR) is 51.9 cm³/mol. The highest BCUT2D eigenvalue weighted by molar-refractivity contribution is 4.95. The highest BCUT2D eigenvalue weighted by Gasteiger charge is 2.06. The summed E-state index contributed by atoms with van der Waals surface area (Å²) in [5.41, 5.74) is 0. The lowest BCUT2D eigenvalue weighted by Gasteiger charge is -2.24. The summed E-state index contributed by atoms with van der Waals surface area (Å²) in [6.45, 7) is 8.07. The minimum atomic E-state index is 0.234. The van der Waals surface area contributed by atoms with Crippen molar-refractivity contribution >= 4 is 0 Å². The lowest BCUT2D eigenvalue weighted by Crippen LogP contribution is -2.34. The van der Waals surface area contributed by atoms with E-state index in [4.69, 9.17) is 5.11 Å². The maximum atomic E-state index is 8.76. The summed E-state index contributed by atoms with van der Waals surface area (Å²) >= 11 is 0. The van der Waals surface area contributed by atoms with Gasteiger partial charge in [-0.2, -0.15) is 0 Å². The second kappa shape index (κ2) is 7.15. The number of rotatable bonds is 5. The van der Waals surface area contributed by atoms with Gasteiger partial charge in [0, 0.05) is 25.6 Å². The van der Waals surface area contributed by atoms with Crippen LogP contribution in [0.2, 0.25) is 0 Å². The summed E-state index contributed by atoms with van der Waals surface area (Å²) in [5, 5.41) is 8.76. The molecule has 2 nitrogen and oxygen atoms in total. The smallest absolute Gasteiger partial charge is 0.0558 e. The van der Waals surface area contributed by atoms with E-state index in [1.807, 2.05) is 6.92 Å². The molecule has 2 heteroatoms. The largest absolute Gasteiger partial charge is 0.395 e. The van der Waals surface area contributed by atoms with E-state index in [0.717, 1.165) is 19.5 Å². The molecule has 0 aromatic rings. The van der Waals surface area contributed by atoms with E-state index in [-0.39, 0.29) is 6.61 Å². The van der Waals surface area contributed by atoms with Crippen LogP contribution in [-0.2, 0) is 0 Å². The van der Waals surface area contributed by atoms with Crippen LogP contribution in [0.5, 0.6) is 0 Å². The third-order valence-electron chi connectivity index (χ3n) is 1.82. The second-order valence-corrected chi connectivity index (χ2v) is 3.03. The molecule has 0 aliphatic rings. The molecular weight excluding hydrogens is 150 g/mol. The highest BCUT2D eigenvalue weighted by Crippen LogP contribution is 1.97. The molecule has 0 atom stereocenters. The van der Waals surface area contributed by atoms with E-state index in [1.54, 1.807) is 0 Å². The number of aliphatic hydroxyl groups excluding tert-OH is 1. The van der Waals surface area contributed by atoms with Gasteiger partial charge in [-0.1, -0.05) is 0 Å². The topological polar surface area (TPSA) is 23.5 Å². The Morgan fingerprint density at radius 2 is 2.00 bits per heavy atom. The van der Waals surface area contributed by atoms with Gasteiger partial charge in [0.1, 0.15) is 0 Å². The molecule has 0 amide bonds. The van der Waals surface area contributed by atoms with Gasteiger partial charge < -0.3 is 5.11 Å². The third-order valence-corrected chi connectivity index (χ3v) is 1.82. The second-order valence-electron chi connectivity index (χ2n) is 3.03. The third kappa shape index (κ3) is 5.17. The van der Waals surface area contributed by atoms with Gasteiger partial charge in [-0.15, -0.1) is 11.8 Å². The van der Waals surface area contributed by atoms with Gasteiger partial charge in [0.2, 0.25) is 0 Å². The van der Waals surface area contributed by atoms with E-state index in [2.05, 4.69) is 30.6 Å². The Labute approximate surface area is 75.6 Å². The maximum Gasteiger partial charge on any atom is 0.0558 e. The van der Waals surface area contributed by atoms with E-state index >= 15 is 0 Å². The maximum absolute atomic E-state index is 8.76. The molecular formula is C10H19NO. The molecule has 0 radical (unpaired) electrons. The lowest BCUT2D eigenvalue weighted by atomic mass is 10.3. The van der Waals surface area contributed by atoms with Gasteiger partial charge in [-0.3, -0.25) is 4.90 Å². The number of aliphatic hydroxyl groups is 1. The predicted octanol–water partition coefficient (Wildman–Crippen LogP) is 1.10. The van der Waals surface area contributed by atoms with Crippen molar-refractivity contribution in [2.24, 2.45) is 0 Å². The SMILES string of the molecule is CC#CCCN(CCO)C(C)C. The van der Waals surface area contributed by atoms with Crippen LogP contribution in [0.1, 0.15) is 27.2 Å². The Kier molecular flexibility index (Phi) is 6.84. The van der Waals surface area contributed by atoms with Crippen molar-refractivity contribution in [1.29, 1.82) is 0 Å². The summed E-state index contributed by atoms with van der Waals surface area (Å²) in [7, 11) is 0. The molecule has 0 aliphatic carbocycles. The van der Waals surface area contributed by atoms with Crippen LogP contribution in [-0.4, -0.2) is 35.7 Å². The Bertz CT molecular complexity index is 155. The summed E-state index contributed by atoms with van der Waals surface area (Å²) in [5.74, 6) is 5.88. The van der Waals surface area contributed by atoms with E-state index < -0.39 is 0 Å². The van der Waals surface area contributed by atoms with E-state index in [1.165, 1.54) is 0 Å². The van der Waals surface area contributed by atoms with Crippen molar-refractivity contribution in [2.75, 3.05) is 19.7 Å². The van der Waals surface area contributed by atoms with Crippen molar-refractivity contribution in [3.8, 4) is 11.8 Å². The molecule has 0 bridgehead atoms. The molecule has 0 saturated carbocycles. The summed E-state index contributed by atoms with van der Waals surface area (Å²) in [6, 6.07) is 0.496. The average Bonchev–Trinajstić information content (AvgIpc) is 2.03. The van der Waals surface area contributed by atoms with Crippen LogP contribution < -0.4 is 0 Å². The summed E-state index contributed by atoms with van der Waals surface area (Å²) in [4.78, 5) is 2.23. The van der Waals surface area contributed by atoms with E-state index in [9.17, 15) is 0 Å². The standard InChI is InChI=1S/C10H19NO/c1-4-5-6-7-11(8-9-12)10(2)3/h10,12H,6-9H2,1-3H3. The van der Waals surface area contributed by atoms with Crippen LogP contribution in [0.3, 0.4) is 0 Å². The molecule has 0 aromatic heterocycles. The van der Waals surface area contributed by atoms with Crippen molar-refractivity contribution in [1.82, 2.24) is 4.90 Å². The molecule has 1 N–H and O–H groups in total. The fourth-order valence-electron chi connectivity index (χ4n) is 1.08. The molecule has 0 heterocycles. The van der Waals surface area contributed by atoms with Gasteiger partial charge in [0.25, 0.3) is 0 Å². The zero-order valence-electron chi connectivity index (χ0n) is 8.30. The Balaban J connectivity index is 3.68. The summed E-state index contributed by atoms with van der Waals surface area (Å²) in [6.07, 6.45) is 0.898. The van der Waals surface area contributed by atoms with Crippen LogP contribution in [0.25, 0.3) is 0 Å². The van der Waals surface area contributed by atoms with E-state index in [0.29, 0.717) is 6.04 Å². The van der Waals surface area contributed by atoms with Gasteiger partial charge >= 0.3 is 0 Å². The molecule has 0 rings (SSSR count). The number of hydrogen-bond acceptors (Lipinski definition) is 2. The highest BCUT2D eigenvalue weighted by atomic mass is 16.3. The normalized spacial score (nSPS) is 10.2. The fraction of sp³-hybridized carbons (Fsp3) is 0.800. The first-order valence-electron chi connectivity index (χ1n) is 4.47. The van der Waals surface area contributed by atoms with Gasteiger partial charge in [0.05, 0.1) is 6.61 Å². The monoisotopic (exact) mass is 169 g/mol. The van der Waals surface area contributed by atoms with Gasteiger partial charge in [0.15, 0.2) is 0 Å². The lowest BCUT2D eigenvalue weighted by molar-refractivity contribution is 0.169. The van der Waals surface area contributed by atoms with Crippen LogP contribution in [0.4, 0.5) is 0 Å². The zero-order chi connectivity index (χ0) is 9.40. The summed E-state index contributed by atoms with van der Waals surface area (Å²) < 4.78 is 0. The zero-order valence-corrected chi connectivity index (χ0v) is 8.30. The first-order chi connectivity index (χ1) is 5.72. The molecule has 12 heavy (non-hydrogen) atoms. The Morgan fingerprint density at radius 3 is 2.42 bits per heavy atom. The fourth-order valence-corrected chi connectivity index (χ4v) is 1.08. The van der Waals surface area contributed by atoms with Crippen molar-refractivity contribution in [2.45, 2.75) is 33.2 Å². The molecule has 0 aromatic carbocycles. The Hall–Kier alpha value is -0.520.